The Morgan fingerprint density at radius 2 is 1.92 bits per heavy atom. The quantitative estimate of drug-likeness (QED) is 0.590. The number of aromatic nitrogens is 2. The molecule has 0 saturated carbocycles. The van der Waals surface area contributed by atoms with Crippen LogP contribution in [-0.2, 0) is 6.54 Å². The number of nitrogens with one attached hydrogen (secondary N) is 1. The average molecular weight is 320 g/mol. The van der Waals surface area contributed by atoms with Crippen LogP contribution in [0.2, 0.25) is 0 Å². The highest BCUT2D eigenvalue weighted by Crippen LogP contribution is 2.17. The lowest BCUT2D eigenvalue weighted by Crippen LogP contribution is -2.19. The number of rotatable bonds is 4. The lowest BCUT2D eigenvalue weighted by atomic mass is 10.1. The summed E-state index contributed by atoms with van der Waals surface area (Å²) in [6.45, 7) is 6.77. The molecular formula is C19H20N4O. The van der Waals surface area contributed by atoms with Gasteiger partial charge in [0.05, 0.1) is 16.7 Å². The molecule has 0 atom stereocenters. The average Bonchev–Trinajstić information content (AvgIpc) is 2.94. The van der Waals surface area contributed by atoms with Gasteiger partial charge in [0.1, 0.15) is 5.82 Å². The fraction of sp³-hybridized carbons (Fsp3) is 0.211. The molecule has 0 bridgehead atoms. The Morgan fingerprint density at radius 1 is 1.17 bits per heavy atom. The van der Waals surface area contributed by atoms with Crippen LogP contribution >= 0.6 is 0 Å². The zero-order valence-corrected chi connectivity index (χ0v) is 14.1. The summed E-state index contributed by atoms with van der Waals surface area (Å²) in [5, 5.41) is 4.18. The van der Waals surface area contributed by atoms with Gasteiger partial charge in [0.25, 0.3) is 5.91 Å². The monoisotopic (exact) mass is 320 g/mol. The zero-order valence-electron chi connectivity index (χ0n) is 14.1. The molecule has 2 aromatic carbocycles. The van der Waals surface area contributed by atoms with E-state index in [0.717, 1.165) is 34.7 Å². The van der Waals surface area contributed by atoms with Crippen molar-refractivity contribution in [2.75, 3.05) is 0 Å². The van der Waals surface area contributed by atoms with E-state index in [9.17, 15) is 4.79 Å². The SMILES string of the molecule is CCn1c(C)nc2cc(C(=O)NN=C(C)c3ccccc3)ccc21. The molecule has 3 rings (SSSR count). The van der Waals surface area contributed by atoms with Gasteiger partial charge in [-0.3, -0.25) is 4.79 Å². The van der Waals surface area contributed by atoms with Crippen molar-refractivity contribution in [3.05, 3.63) is 65.5 Å². The van der Waals surface area contributed by atoms with E-state index in [-0.39, 0.29) is 5.91 Å². The molecule has 3 aromatic rings. The lowest BCUT2D eigenvalue weighted by molar-refractivity contribution is 0.0955. The summed E-state index contributed by atoms with van der Waals surface area (Å²) >= 11 is 0. The van der Waals surface area contributed by atoms with Crippen LogP contribution in [0.5, 0.6) is 0 Å². The largest absolute Gasteiger partial charge is 0.329 e. The number of hydrazone groups is 1. The molecule has 1 aromatic heterocycles. The maximum atomic E-state index is 12.3. The highest BCUT2D eigenvalue weighted by molar-refractivity contribution is 6.01. The van der Waals surface area contributed by atoms with Crippen molar-refractivity contribution >= 4 is 22.7 Å². The molecule has 1 heterocycles. The van der Waals surface area contributed by atoms with Crippen molar-refractivity contribution in [2.24, 2.45) is 5.10 Å². The van der Waals surface area contributed by atoms with E-state index < -0.39 is 0 Å². The maximum Gasteiger partial charge on any atom is 0.271 e. The first-order valence-corrected chi connectivity index (χ1v) is 7.97. The molecule has 24 heavy (non-hydrogen) atoms. The van der Waals surface area contributed by atoms with Gasteiger partial charge in [-0.05, 0) is 44.5 Å². The molecule has 0 aliphatic heterocycles. The number of carbonyl (C=O) groups excluding carboxylic acids is 1. The van der Waals surface area contributed by atoms with Crippen molar-refractivity contribution in [1.29, 1.82) is 0 Å². The third kappa shape index (κ3) is 3.06. The Bertz CT molecular complexity index is 910. The third-order valence-corrected chi connectivity index (χ3v) is 4.03. The molecule has 0 saturated heterocycles. The van der Waals surface area contributed by atoms with Crippen molar-refractivity contribution in [2.45, 2.75) is 27.3 Å². The Labute approximate surface area is 141 Å². The number of hydrogen-bond donors (Lipinski definition) is 1. The predicted molar refractivity (Wildman–Crippen MR) is 96.3 cm³/mol. The number of nitrogens with zero attached hydrogens (tertiary/aromatic N) is 3. The van der Waals surface area contributed by atoms with Crippen molar-refractivity contribution in [3.63, 3.8) is 0 Å². The molecule has 0 spiro atoms. The van der Waals surface area contributed by atoms with E-state index in [4.69, 9.17) is 0 Å². The van der Waals surface area contributed by atoms with E-state index in [1.807, 2.05) is 50.2 Å². The minimum atomic E-state index is -0.240. The van der Waals surface area contributed by atoms with Crippen LogP contribution in [0, 0.1) is 6.92 Å². The summed E-state index contributed by atoms with van der Waals surface area (Å²) in [6.07, 6.45) is 0. The number of benzene rings is 2. The normalized spacial score (nSPS) is 11.7. The fourth-order valence-corrected chi connectivity index (χ4v) is 2.73. The third-order valence-electron chi connectivity index (χ3n) is 4.03. The molecular weight excluding hydrogens is 300 g/mol. The van der Waals surface area contributed by atoms with Gasteiger partial charge in [-0.1, -0.05) is 30.3 Å². The predicted octanol–water partition coefficient (Wildman–Crippen LogP) is 3.52. The summed E-state index contributed by atoms with van der Waals surface area (Å²) < 4.78 is 2.12. The van der Waals surface area contributed by atoms with E-state index in [1.165, 1.54) is 0 Å². The van der Waals surface area contributed by atoms with Crippen LogP contribution in [-0.4, -0.2) is 21.2 Å². The van der Waals surface area contributed by atoms with E-state index in [1.54, 1.807) is 12.1 Å². The topological polar surface area (TPSA) is 59.3 Å². The maximum absolute atomic E-state index is 12.3. The van der Waals surface area contributed by atoms with Crippen LogP contribution < -0.4 is 5.43 Å². The molecule has 122 valence electrons. The summed E-state index contributed by atoms with van der Waals surface area (Å²) in [5.41, 5.74) is 6.76. The van der Waals surface area contributed by atoms with Gasteiger partial charge in [-0.25, -0.2) is 10.4 Å². The minimum absolute atomic E-state index is 0.240. The van der Waals surface area contributed by atoms with Crippen LogP contribution in [0.25, 0.3) is 11.0 Å². The Hall–Kier alpha value is -2.95. The first-order chi connectivity index (χ1) is 11.6. The fourth-order valence-electron chi connectivity index (χ4n) is 2.73. The molecule has 0 unspecified atom stereocenters. The van der Waals surface area contributed by atoms with Crippen LogP contribution in [0.3, 0.4) is 0 Å². The van der Waals surface area contributed by atoms with Gasteiger partial charge in [-0.15, -0.1) is 0 Å². The van der Waals surface area contributed by atoms with E-state index in [2.05, 4.69) is 27.0 Å². The van der Waals surface area contributed by atoms with Gasteiger partial charge in [-0.2, -0.15) is 5.10 Å². The van der Waals surface area contributed by atoms with Crippen LogP contribution in [0.15, 0.2) is 53.6 Å². The van der Waals surface area contributed by atoms with Gasteiger partial charge >= 0.3 is 0 Å². The van der Waals surface area contributed by atoms with Gasteiger partial charge in [0.15, 0.2) is 0 Å². The molecule has 5 heteroatoms. The smallest absolute Gasteiger partial charge is 0.271 e. The molecule has 0 aliphatic rings. The number of carbonyl (C=O) groups is 1. The highest BCUT2D eigenvalue weighted by Gasteiger charge is 2.10. The van der Waals surface area contributed by atoms with Crippen molar-refractivity contribution in [1.82, 2.24) is 15.0 Å². The molecule has 5 nitrogen and oxygen atoms in total. The number of hydrogen-bond acceptors (Lipinski definition) is 3. The van der Waals surface area contributed by atoms with Gasteiger partial charge in [0, 0.05) is 12.1 Å². The van der Waals surface area contributed by atoms with Gasteiger partial charge < -0.3 is 4.57 Å². The molecule has 0 aliphatic carbocycles. The number of imidazole rings is 1. The van der Waals surface area contributed by atoms with E-state index >= 15 is 0 Å². The highest BCUT2D eigenvalue weighted by atomic mass is 16.2. The number of fused-ring (bicyclic) bond motifs is 1. The molecule has 1 amide bonds. The number of amides is 1. The Morgan fingerprint density at radius 3 is 2.62 bits per heavy atom. The first-order valence-electron chi connectivity index (χ1n) is 7.97. The second kappa shape index (κ2) is 6.66. The lowest BCUT2D eigenvalue weighted by Gasteiger charge is -2.04. The zero-order chi connectivity index (χ0) is 17.1. The summed E-state index contributed by atoms with van der Waals surface area (Å²) in [5.74, 6) is 0.707. The first kappa shape index (κ1) is 15.9. The Balaban J connectivity index is 1.81. The summed E-state index contributed by atoms with van der Waals surface area (Å²) in [6, 6.07) is 15.3. The van der Waals surface area contributed by atoms with Crippen LogP contribution in [0.1, 0.15) is 35.6 Å². The second-order valence-corrected chi connectivity index (χ2v) is 5.61. The Kier molecular flexibility index (Phi) is 4.42. The van der Waals surface area contributed by atoms with E-state index in [0.29, 0.717) is 5.56 Å². The van der Waals surface area contributed by atoms with Crippen molar-refractivity contribution < 1.29 is 4.79 Å². The van der Waals surface area contributed by atoms with Crippen molar-refractivity contribution in [3.8, 4) is 0 Å². The number of aryl methyl sites for hydroxylation is 2. The molecule has 0 fully saturated rings. The second-order valence-electron chi connectivity index (χ2n) is 5.61. The standard InChI is InChI=1S/C19H20N4O/c1-4-23-14(3)20-17-12-16(10-11-18(17)23)19(24)22-21-13(2)15-8-6-5-7-9-15/h5-12H,4H2,1-3H3,(H,22,24). The summed E-state index contributed by atoms with van der Waals surface area (Å²) in [7, 11) is 0. The van der Waals surface area contributed by atoms with Gasteiger partial charge in [0.2, 0.25) is 0 Å². The summed E-state index contributed by atoms with van der Waals surface area (Å²) in [4.78, 5) is 16.8. The van der Waals surface area contributed by atoms with Crippen LogP contribution in [0.4, 0.5) is 0 Å². The minimum Gasteiger partial charge on any atom is -0.329 e. The molecule has 1 N–H and O–H groups in total. The molecule has 0 radical (unpaired) electrons.